The van der Waals surface area contributed by atoms with E-state index in [1.165, 1.54) is 11.8 Å². The zero-order valence-corrected chi connectivity index (χ0v) is 24.7. The molecule has 1 aromatic heterocycles. The first kappa shape index (κ1) is 29.7. The summed E-state index contributed by atoms with van der Waals surface area (Å²) in [7, 11) is 1.67. The van der Waals surface area contributed by atoms with Crippen molar-refractivity contribution in [3.8, 4) is 34.2 Å². The molecule has 0 radical (unpaired) electrons. The second kappa shape index (κ2) is 13.9. The summed E-state index contributed by atoms with van der Waals surface area (Å²) in [6, 6.07) is 20.6. The standard InChI is InChI=1S/C32H39N3O4S/c1-32(2,3)39-28(36)22-38-21-24-15-13-23(14-16-24)20-35-31(40-18-17-33)29(26-11-8-12-27(19-26)37-4)30(34-35)25-9-6-5-7-10-25/h5-12,19,23-24H,13-16,18,20-22H2,1-4H3/t23-,24-. The van der Waals surface area contributed by atoms with Crippen LogP contribution in [0.15, 0.2) is 59.6 Å². The predicted molar refractivity (Wildman–Crippen MR) is 158 cm³/mol. The number of rotatable bonds is 11. The quantitative estimate of drug-likeness (QED) is 0.184. The van der Waals surface area contributed by atoms with Crippen LogP contribution < -0.4 is 4.74 Å². The van der Waals surface area contributed by atoms with Crippen LogP contribution in [0.25, 0.3) is 22.4 Å². The highest BCUT2D eigenvalue weighted by atomic mass is 32.2. The molecule has 0 amide bonds. The molecule has 1 aliphatic carbocycles. The zero-order chi connectivity index (χ0) is 28.5. The minimum atomic E-state index is -0.498. The smallest absolute Gasteiger partial charge is 0.332 e. The van der Waals surface area contributed by atoms with Crippen molar-refractivity contribution in [3.05, 3.63) is 54.6 Å². The zero-order valence-electron chi connectivity index (χ0n) is 23.9. The van der Waals surface area contributed by atoms with Gasteiger partial charge in [0, 0.05) is 17.7 Å². The lowest BCUT2D eigenvalue weighted by Gasteiger charge is -2.28. The van der Waals surface area contributed by atoms with Gasteiger partial charge < -0.3 is 14.2 Å². The first-order valence-corrected chi connectivity index (χ1v) is 14.9. The van der Waals surface area contributed by atoms with Crippen LogP contribution in [-0.2, 0) is 20.8 Å². The highest BCUT2D eigenvalue weighted by molar-refractivity contribution is 7.99. The fourth-order valence-electron chi connectivity index (χ4n) is 5.16. The Kier molecular flexibility index (Phi) is 10.3. The maximum atomic E-state index is 11.9. The first-order chi connectivity index (χ1) is 19.3. The number of carbonyl (C=O) groups excluding carboxylic acids is 1. The van der Waals surface area contributed by atoms with Gasteiger partial charge in [0.1, 0.15) is 28.7 Å². The number of thioether (sulfide) groups is 1. The number of carbonyl (C=O) groups is 1. The Labute approximate surface area is 241 Å². The Bertz CT molecular complexity index is 1300. The van der Waals surface area contributed by atoms with Gasteiger partial charge in [-0.05, 0) is 76.0 Å². The summed E-state index contributed by atoms with van der Waals surface area (Å²) in [5.41, 5.74) is 3.52. The minimum Gasteiger partial charge on any atom is -0.497 e. The maximum Gasteiger partial charge on any atom is 0.332 e. The first-order valence-electron chi connectivity index (χ1n) is 13.9. The number of esters is 1. The summed E-state index contributed by atoms with van der Waals surface area (Å²) < 4.78 is 18.7. The van der Waals surface area contributed by atoms with Gasteiger partial charge in [-0.2, -0.15) is 10.4 Å². The molecule has 212 valence electrons. The van der Waals surface area contributed by atoms with Crippen LogP contribution in [0.2, 0.25) is 0 Å². The molecule has 4 rings (SSSR count). The number of benzene rings is 2. The van der Waals surface area contributed by atoms with Gasteiger partial charge in [-0.1, -0.05) is 54.2 Å². The van der Waals surface area contributed by atoms with E-state index < -0.39 is 5.60 Å². The van der Waals surface area contributed by atoms with Crippen molar-refractivity contribution < 1.29 is 19.0 Å². The number of aromatic nitrogens is 2. The van der Waals surface area contributed by atoms with Crippen LogP contribution in [0.1, 0.15) is 46.5 Å². The van der Waals surface area contributed by atoms with Gasteiger partial charge in [0.25, 0.3) is 0 Å². The number of ether oxygens (including phenoxy) is 3. The highest BCUT2D eigenvalue weighted by Crippen LogP contribution is 2.41. The number of nitriles is 1. The van der Waals surface area contributed by atoms with E-state index in [-0.39, 0.29) is 12.6 Å². The molecule has 1 fully saturated rings. The Hall–Kier alpha value is -3.28. The summed E-state index contributed by atoms with van der Waals surface area (Å²) in [6.07, 6.45) is 4.24. The van der Waals surface area contributed by atoms with Crippen LogP contribution in [-0.4, -0.2) is 47.4 Å². The van der Waals surface area contributed by atoms with Gasteiger partial charge in [-0.15, -0.1) is 0 Å². The SMILES string of the molecule is COc1cccc(-c2c(-c3ccccc3)nn(C[C@H]3CC[C@H](COCC(=O)OC(C)(C)C)CC3)c2SCC#N)c1. The molecule has 7 nitrogen and oxygen atoms in total. The Balaban J connectivity index is 1.50. The molecule has 1 saturated carbocycles. The molecule has 0 saturated heterocycles. The molecule has 1 heterocycles. The molecule has 2 aromatic carbocycles. The van der Waals surface area contributed by atoms with Crippen LogP contribution in [0.3, 0.4) is 0 Å². The highest BCUT2D eigenvalue weighted by Gasteiger charge is 2.27. The average Bonchev–Trinajstić information content (AvgIpc) is 3.30. The third kappa shape index (κ3) is 8.12. The Morgan fingerprint density at radius 1 is 1.05 bits per heavy atom. The van der Waals surface area contributed by atoms with Crippen molar-refractivity contribution in [2.24, 2.45) is 11.8 Å². The van der Waals surface area contributed by atoms with Crippen molar-refractivity contribution in [2.75, 3.05) is 26.1 Å². The minimum absolute atomic E-state index is 0.000721. The van der Waals surface area contributed by atoms with Crippen LogP contribution in [0.5, 0.6) is 5.75 Å². The second-order valence-electron chi connectivity index (χ2n) is 11.2. The van der Waals surface area contributed by atoms with E-state index in [0.29, 0.717) is 24.2 Å². The Morgan fingerprint density at radius 3 is 2.42 bits per heavy atom. The summed E-state index contributed by atoms with van der Waals surface area (Å²) in [4.78, 5) is 11.9. The van der Waals surface area contributed by atoms with Gasteiger partial charge in [-0.25, -0.2) is 4.79 Å². The molecule has 0 N–H and O–H groups in total. The molecule has 0 spiro atoms. The number of methoxy groups -OCH3 is 1. The Morgan fingerprint density at radius 2 is 1.75 bits per heavy atom. The second-order valence-corrected chi connectivity index (χ2v) is 12.2. The number of hydrogen-bond donors (Lipinski definition) is 0. The van der Waals surface area contributed by atoms with Crippen LogP contribution >= 0.6 is 11.8 Å². The largest absolute Gasteiger partial charge is 0.497 e. The van der Waals surface area contributed by atoms with Gasteiger partial charge in [0.15, 0.2) is 0 Å². The van der Waals surface area contributed by atoms with Gasteiger partial charge in [0.05, 0.1) is 25.5 Å². The number of nitrogens with zero attached hydrogens (tertiary/aromatic N) is 3. The van der Waals surface area contributed by atoms with E-state index in [4.69, 9.17) is 19.3 Å². The number of hydrogen-bond acceptors (Lipinski definition) is 7. The molecule has 3 aromatic rings. The van der Waals surface area contributed by atoms with Gasteiger partial charge in [0.2, 0.25) is 0 Å². The molecule has 0 aliphatic heterocycles. The maximum absolute atomic E-state index is 11.9. The van der Waals surface area contributed by atoms with Crippen LogP contribution in [0.4, 0.5) is 0 Å². The molecular formula is C32H39N3O4S. The van der Waals surface area contributed by atoms with Crippen molar-refractivity contribution in [3.63, 3.8) is 0 Å². The molecule has 0 bridgehead atoms. The third-order valence-corrected chi connectivity index (χ3v) is 7.94. The van der Waals surface area contributed by atoms with E-state index in [1.807, 2.05) is 57.2 Å². The van der Waals surface area contributed by atoms with E-state index in [0.717, 1.165) is 65.4 Å². The average molecular weight is 562 g/mol. The normalized spacial score (nSPS) is 17.3. The summed E-state index contributed by atoms with van der Waals surface area (Å²) in [5.74, 6) is 1.73. The van der Waals surface area contributed by atoms with Crippen molar-refractivity contribution in [1.82, 2.24) is 9.78 Å². The summed E-state index contributed by atoms with van der Waals surface area (Å²) in [5, 5.41) is 15.6. The van der Waals surface area contributed by atoms with E-state index >= 15 is 0 Å². The van der Waals surface area contributed by atoms with Gasteiger partial charge >= 0.3 is 5.97 Å². The van der Waals surface area contributed by atoms with E-state index in [9.17, 15) is 10.1 Å². The molecule has 0 atom stereocenters. The monoisotopic (exact) mass is 561 g/mol. The predicted octanol–water partition coefficient (Wildman–Crippen LogP) is 7.01. The van der Waals surface area contributed by atoms with E-state index in [1.54, 1.807) is 7.11 Å². The summed E-state index contributed by atoms with van der Waals surface area (Å²) >= 11 is 1.54. The molecule has 40 heavy (non-hydrogen) atoms. The lowest BCUT2D eigenvalue weighted by molar-refractivity contribution is -0.160. The van der Waals surface area contributed by atoms with E-state index in [2.05, 4.69) is 29.0 Å². The van der Waals surface area contributed by atoms with Crippen molar-refractivity contribution in [2.45, 2.75) is 63.6 Å². The van der Waals surface area contributed by atoms with Gasteiger partial charge in [-0.3, -0.25) is 4.68 Å². The lowest BCUT2D eigenvalue weighted by atomic mass is 9.82. The fraction of sp³-hybridized carbons (Fsp3) is 0.469. The fourth-order valence-corrected chi connectivity index (χ4v) is 5.98. The third-order valence-electron chi connectivity index (χ3n) is 6.98. The van der Waals surface area contributed by atoms with Crippen molar-refractivity contribution >= 4 is 17.7 Å². The van der Waals surface area contributed by atoms with Crippen LogP contribution in [0, 0.1) is 23.2 Å². The molecule has 8 heteroatoms. The summed E-state index contributed by atoms with van der Waals surface area (Å²) in [6.45, 7) is 6.95. The molecule has 0 unspecified atom stereocenters. The molecule has 1 aliphatic rings. The van der Waals surface area contributed by atoms with Crippen molar-refractivity contribution in [1.29, 1.82) is 5.26 Å². The molecular weight excluding hydrogens is 522 g/mol. The topological polar surface area (TPSA) is 86.4 Å². The lowest BCUT2D eigenvalue weighted by Crippen LogP contribution is -2.28.